The molecular weight excluding hydrogens is 271 g/mol. The number of anilines is 1. The van der Waals surface area contributed by atoms with E-state index in [1.807, 2.05) is 0 Å². The third kappa shape index (κ3) is 3.18. The zero-order valence-electron chi connectivity index (χ0n) is 12.0. The van der Waals surface area contributed by atoms with Gasteiger partial charge in [-0.3, -0.25) is 4.98 Å². The van der Waals surface area contributed by atoms with E-state index < -0.39 is 17.3 Å². The van der Waals surface area contributed by atoms with Crippen molar-refractivity contribution in [2.75, 3.05) is 11.9 Å². The zero-order chi connectivity index (χ0) is 15.3. The van der Waals surface area contributed by atoms with Crippen molar-refractivity contribution < 1.29 is 13.9 Å². The number of para-hydroxylation sites is 1. The average molecular weight is 288 g/mol. The summed E-state index contributed by atoms with van der Waals surface area (Å²) >= 11 is 0. The Morgan fingerprint density at radius 3 is 2.62 bits per heavy atom. The maximum Gasteiger partial charge on any atom is 0.337 e. The predicted molar refractivity (Wildman–Crippen MR) is 78.2 cm³/mol. The van der Waals surface area contributed by atoms with E-state index >= 15 is 0 Å². The van der Waals surface area contributed by atoms with Gasteiger partial charge in [0.1, 0.15) is 5.82 Å². The van der Waals surface area contributed by atoms with Crippen molar-refractivity contribution in [3.8, 4) is 0 Å². The SMILES string of the molecule is CCOC(=O)C(C)(Nc1ccccc1F)c1ccccn1. The molecule has 1 atom stereocenters. The fraction of sp³-hybridized carbons (Fsp3) is 0.250. The summed E-state index contributed by atoms with van der Waals surface area (Å²) in [6, 6.07) is 11.4. The first-order valence-corrected chi connectivity index (χ1v) is 6.69. The number of pyridine rings is 1. The summed E-state index contributed by atoms with van der Waals surface area (Å²) in [5, 5.41) is 2.91. The van der Waals surface area contributed by atoms with E-state index in [9.17, 15) is 9.18 Å². The molecule has 0 fully saturated rings. The second kappa shape index (κ2) is 6.35. The van der Waals surface area contributed by atoms with Crippen LogP contribution in [0.15, 0.2) is 48.7 Å². The maximum atomic E-state index is 13.8. The molecule has 21 heavy (non-hydrogen) atoms. The predicted octanol–water partition coefficient (Wildman–Crippen LogP) is 3.11. The summed E-state index contributed by atoms with van der Waals surface area (Å²) in [6.07, 6.45) is 1.58. The summed E-state index contributed by atoms with van der Waals surface area (Å²) in [7, 11) is 0. The number of esters is 1. The Kier molecular flexibility index (Phi) is 4.52. The second-order valence-electron chi connectivity index (χ2n) is 4.67. The number of hydrogen-bond acceptors (Lipinski definition) is 4. The normalized spacial score (nSPS) is 13.3. The van der Waals surface area contributed by atoms with Crippen LogP contribution in [-0.2, 0) is 15.1 Å². The molecule has 1 heterocycles. The Balaban J connectivity index is 2.42. The first kappa shape index (κ1) is 15.0. The Morgan fingerprint density at radius 1 is 1.29 bits per heavy atom. The largest absolute Gasteiger partial charge is 0.464 e. The Hall–Kier alpha value is -2.43. The van der Waals surface area contributed by atoms with Crippen LogP contribution in [0.2, 0.25) is 0 Å². The van der Waals surface area contributed by atoms with E-state index in [0.717, 1.165) is 0 Å². The first-order chi connectivity index (χ1) is 10.1. The van der Waals surface area contributed by atoms with Crippen LogP contribution in [0, 0.1) is 5.82 Å². The summed E-state index contributed by atoms with van der Waals surface area (Å²) in [5.41, 5.74) is -0.579. The molecule has 5 heteroatoms. The molecule has 0 saturated carbocycles. The minimum Gasteiger partial charge on any atom is -0.464 e. The van der Waals surface area contributed by atoms with Crippen molar-refractivity contribution in [3.63, 3.8) is 0 Å². The van der Waals surface area contributed by atoms with E-state index in [2.05, 4.69) is 10.3 Å². The van der Waals surface area contributed by atoms with Crippen LogP contribution < -0.4 is 5.32 Å². The van der Waals surface area contributed by atoms with Gasteiger partial charge in [0.15, 0.2) is 5.54 Å². The van der Waals surface area contributed by atoms with Crippen molar-refractivity contribution in [1.82, 2.24) is 4.98 Å². The van der Waals surface area contributed by atoms with Crippen molar-refractivity contribution in [2.24, 2.45) is 0 Å². The Labute approximate surface area is 123 Å². The molecule has 0 spiro atoms. The average Bonchev–Trinajstić information content (AvgIpc) is 2.50. The number of ether oxygens (including phenoxy) is 1. The molecule has 2 rings (SSSR count). The van der Waals surface area contributed by atoms with Gasteiger partial charge < -0.3 is 10.1 Å². The van der Waals surface area contributed by atoms with Crippen molar-refractivity contribution in [1.29, 1.82) is 0 Å². The summed E-state index contributed by atoms with van der Waals surface area (Å²) in [5.74, 6) is -0.948. The van der Waals surface area contributed by atoms with Crippen molar-refractivity contribution in [2.45, 2.75) is 19.4 Å². The molecule has 0 aliphatic heterocycles. The van der Waals surface area contributed by atoms with Crippen LogP contribution in [0.5, 0.6) is 0 Å². The van der Waals surface area contributed by atoms with Gasteiger partial charge in [-0.1, -0.05) is 18.2 Å². The summed E-state index contributed by atoms with van der Waals surface area (Å²) in [4.78, 5) is 16.5. The van der Waals surface area contributed by atoms with Crippen LogP contribution in [0.3, 0.4) is 0 Å². The van der Waals surface area contributed by atoms with E-state index in [1.165, 1.54) is 6.07 Å². The van der Waals surface area contributed by atoms with E-state index in [0.29, 0.717) is 5.69 Å². The highest BCUT2D eigenvalue weighted by Crippen LogP contribution is 2.27. The molecule has 0 radical (unpaired) electrons. The van der Waals surface area contributed by atoms with Crippen molar-refractivity contribution in [3.05, 3.63) is 60.2 Å². The molecule has 0 saturated heterocycles. The number of halogens is 1. The van der Waals surface area contributed by atoms with Gasteiger partial charge in [-0.05, 0) is 38.1 Å². The fourth-order valence-electron chi connectivity index (χ4n) is 1.99. The first-order valence-electron chi connectivity index (χ1n) is 6.69. The number of hydrogen-bond donors (Lipinski definition) is 1. The second-order valence-corrected chi connectivity index (χ2v) is 4.67. The molecule has 1 N–H and O–H groups in total. The summed E-state index contributed by atoms with van der Waals surface area (Å²) < 4.78 is 19.0. The van der Waals surface area contributed by atoms with E-state index in [4.69, 9.17) is 4.74 Å². The maximum absolute atomic E-state index is 13.8. The van der Waals surface area contributed by atoms with Gasteiger partial charge in [0, 0.05) is 6.20 Å². The third-order valence-electron chi connectivity index (χ3n) is 3.12. The highest BCUT2D eigenvalue weighted by Gasteiger charge is 2.38. The molecule has 1 unspecified atom stereocenters. The van der Waals surface area contributed by atoms with E-state index in [1.54, 1.807) is 56.4 Å². The molecule has 1 aromatic carbocycles. The lowest BCUT2D eigenvalue weighted by Crippen LogP contribution is -2.43. The van der Waals surface area contributed by atoms with Crippen LogP contribution in [0.25, 0.3) is 0 Å². The van der Waals surface area contributed by atoms with E-state index in [-0.39, 0.29) is 12.3 Å². The molecular formula is C16H17FN2O2. The fourth-order valence-corrected chi connectivity index (χ4v) is 1.99. The van der Waals surface area contributed by atoms with Gasteiger partial charge in [-0.2, -0.15) is 0 Å². The lowest BCUT2D eigenvalue weighted by Gasteiger charge is -2.29. The highest BCUT2D eigenvalue weighted by atomic mass is 19.1. The van der Waals surface area contributed by atoms with Gasteiger partial charge in [0.25, 0.3) is 0 Å². The summed E-state index contributed by atoms with van der Waals surface area (Å²) in [6.45, 7) is 3.58. The lowest BCUT2D eigenvalue weighted by molar-refractivity contribution is -0.148. The minimum atomic E-state index is -1.26. The molecule has 1 aromatic heterocycles. The number of carbonyl (C=O) groups excluding carboxylic acids is 1. The monoisotopic (exact) mass is 288 g/mol. The van der Waals surface area contributed by atoms with Gasteiger partial charge in [0.05, 0.1) is 18.0 Å². The van der Waals surface area contributed by atoms with Crippen LogP contribution in [-0.4, -0.2) is 17.6 Å². The Bertz CT molecular complexity index is 619. The Morgan fingerprint density at radius 2 is 2.00 bits per heavy atom. The van der Waals surface area contributed by atoms with Crippen LogP contribution in [0.4, 0.5) is 10.1 Å². The zero-order valence-corrected chi connectivity index (χ0v) is 12.0. The number of benzene rings is 1. The number of carbonyl (C=O) groups is 1. The lowest BCUT2D eigenvalue weighted by atomic mass is 9.96. The van der Waals surface area contributed by atoms with Gasteiger partial charge >= 0.3 is 5.97 Å². The number of aromatic nitrogens is 1. The number of rotatable bonds is 5. The number of nitrogens with one attached hydrogen (secondary N) is 1. The van der Waals surface area contributed by atoms with Gasteiger partial charge in [0.2, 0.25) is 0 Å². The molecule has 4 nitrogen and oxygen atoms in total. The minimum absolute atomic E-state index is 0.221. The smallest absolute Gasteiger partial charge is 0.337 e. The van der Waals surface area contributed by atoms with Crippen LogP contribution in [0.1, 0.15) is 19.5 Å². The van der Waals surface area contributed by atoms with Crippen LogP contribution >= 0.6 is 0 Å². The molecule has 0 amide bonds. The molecule has 110 valence electrons. The van der Waals surface area contributed by atoms with Crippen molar-refractivity contribution >= 4 is 11.7 Å². The number of nitrogens with zero attached hydrogens (tertiary/aromatic N) is 1. The standard InChI is InChI=1S/C16H17FN2O2/c1-3-21-15(20)16(2,14-10-6-7-11-18-14)19-13-9-5-4-8-12(13)17/h4-11,19H,3H2,1-2H3. The van der Waals surface area contributed by atoms with Gasteiger partial charge in [-0.25, -0.2) is 9.18 Å². The molecule has 0 bridgehead atoms. The molecule has 0 aliphatic carbocycles. The molecule has 2 aromatic rings. The highest BCUT2D eigenvalue weighted by molar-refractivity contribution is 5.85. The quantitative estimate of drug-likeness (QED) is 0.859. The van der Waals surface area contributed by atoms with Gasteiger partial charge in [-0.15, -0.1) is 0 Å². The third-order valence-corrected chi connectivity index (χ3v) is 3.12. The molecule has 0 aliphatic rings. The topological polar surface area (TPSA) is 51.2 Å².